The fraction of sp³-hybridized carbons (Fsp3) is 0.182. The second kappa shape index (κ2) is 3.77. The van der Waals surface area contributed by atoms with E-state index in [1.807, 2.05) is 0 Å². The summed E-state index contributed by atoms with van der Waals surface area (Å²) in [6, 6.07) is 0. The van der Waals surface area contributed by atoms with Crippen LogP contribution in [0.5, 0.6) is 0 Å². The summed E-state index contributed by atoms with van der Waals surface area (Å²) < 4.78 is 4.99. The summed E-state index contributed by atoms with van der Waals surface area (Å²) in [7, 11) is 1.50. The standard InChI is InChI=1S/C11H9NO4/c1-16-6-2-3-8-7(4-6)10(13)5-9(12-8)11(14)15/h2-5,7H,1H3,(H,14,15). The summed E-state index contributed by atoms with van der Waals surface area (Å²) in [4.78, 5) is 26.2. The molecule has 1 N–H and O–H groups in total. The molecule has 0 spiro atoms. The Kier molecular flexibility index (Phi) is 2.44. The Labute approximate surface area is 91.4 Å². The van der Waals surface area contributed by atoms with Crippen molar-refractivity contribution in [3.8, 4) is 0 Å². The molecule has 5 heteroatoms. The van der Waals surface area contributed by atoms with Crippen molar-refractivity contribution in [1.82, 2.24) is 0 Å². The predicted molar refractivity (Wildman–Crippen MR) is 55.9 cm³/mol. The summed E-state index contributed by atoms with van der Waals surface area (Å²) in [6.07, 6.45) is 5.90. The third-order valence-electron chi connectivity index (χ3n) is 2.36. The SMILES string of the molecule is COC1=CC2C(=O)C=C(C(=O)O)N=C2C=C1. The van der Waals surface area contributed by atoms with Crippen molar-refractivity contribution >= 4 is 17.5 Å². The lowest BCUT2D eigenvalue weighted by Gasteiger charge is -2.19. The molecule has 1 atom stereocenters. The van der Waals surface area contributed by atoms with Gasteiger partial charge < -0.3 is 9.84 Å². The first-order valence-corrected chi connectivity index (χ1v) is 4.63. The van der Waals surface area contributed by atoms with Crippen molar-refractivity contribution in [1.29, 1.82) is 0 Å². The molecular weight excluding hydrogens is 210 g/mol. The van der Waals surface area contributed by atoms with Crippen LogP contribution in [0.25, 0.3) is 0 Å². The summed E-state index contributed by atoms with van der Waals surface area (Å²) in [5.74, 6) is -1.44. The number of fused-ring (bicyclic) bond motifs is 1. The van der Waals surface area contributed by atoms with Gasteiger partial charge in [-0.25, -0.2) is 9.79 Å². The second-order valence-electron chi connectivity index (χ2n) is 3.36. The van der Waals surface area contributed by atoms with E-state index < -0.39 is 11.9 Å². The predicted octanol–water partition coefficient (Wildman–Crippen LogP) is 0.695. The van der Waals surface area contributed by atoms with Crippen LogP contribution in [0.4, 0.5) is 0 Å². The van der Waals surface area contributed by atoms with Gasteiger partial charge >= 0.3 is 5.97 Å². The highest BCUT2D eigenvalue weighted by atomic mass is 16.5. The molecule has 0 aromatic carbocycles. The van der Waals surface area contributed by atoms with E-state index in [9.17, 15) is 9.59 Å². The van der Waals surface area contributed by atoms with E-state index in [2.05, 4.69) is 4.99 Å². The van der Waals surface area contributed by atoms with Crippen molar-refractivity contribution in [2.75, 3.05) is 7.11 Å². The smallest absolute Gasteiger partial charge is 0.354 e. The van der Waals surface area contributed by atoms with Gasteiger partial charge in [-0.05, 0) is 18.2 Å². The average Bonchev–Trinajstić information content (AvgIpc) is 2.28. The number of rotatable bonds is 2. The number of aliphatic carboxylic acids is 1. The first kappa shape index (κ1) is 10.4. The molecule has 2 aliphatic rings. The number of ether oxygens (including phenoxy) is 1. The van der Waals surface area contributed by atoms with Crippen molar-refractivity contribution in [2.45, 2.75) is 0 Å². The zero-order chi connectivity index (χ0) is 11.7. The Hall–Kier alpha value is -2.17. The van der Waals surface area contributed by atoms with Gasteiger partial charge in [0.1, 0.15) is 5.76 Å². The van der Waals surface area contributed by atoms with Crippen LogP contribution in [0.2, 0.25) is 0 Å². The maximum Gasteiger partial charge on any atom is 0.354 e. The van der Waals surface area contributed by atoms with E-state index in [1.54, 1.807) is 18.2 Å². The van der Waals surface area contributed by atoms with Gasteiger partial charge in [-0.2, -0.15) is 0 Å². The van der Waals surface area contributed by atoms with Crippen LogP contribution in [0.3, 0.4) is 0 Å². The number of carboxylic acid groups (broad SMARTS) is 1. The van der Waals surface area contributed by atoms with Gasteiger partial charge in [-0.15, -0.1) is 0 Å². The van der Waals surface area contributed by atoms with Crippen LogP contribution in [0, 0.1) is 5.92 Å². The number of aliphatic imine (C=N–C) groups is 1. The summed E-state index contributed by atoms with van der Waals surface area (Å²) in [5.41, 5.74) is 0.209. The molecule has 16 heavy (non-hydrogen) atoms. The maximum absolute atomic E-state index is 11.7. The molecule has 0 aromatic rings. The highest BCUT2D eigenvalue weighted by molar-refractivity contribution is 6.20. The minimum atomic E-state index is -1.20. The number of allylic oxidation sites excluding steroid dienone is 4. The van der Waals surface area contributed by atoms with Gasteiger partial charge in [-0.1, -0.05) is 0 Å². The molecule has 82 valence electrons. The number of hydrogen-bond donors (Lipinski definition) is 1. The monoisotopic (exact) mass is 219 g/mol. The van der Waals surface area contributed by atoms with E-state index in [1.165, 1.54) is 7.11 Å². The summed E-state index contributed by atoms with van der Waals surface area (Å²) in [5, 5.41) is 8.75. The highest BCUT2D eigenvalue weighted by Gasteiger charge is 2.28. The topological polar surface area (TPSA) is 76.0 Å². The number of ketones is 1. The lowest BCUT2D eigenvalue weighted by Crippen LogP contribution is -2.27. The molecule has 1 heterocycles. The normalized spacial score (nSPS) is 22.9. The van der Waals surface area contributed by atoms with E-state index in [-0.39, 0.29) is 11.5 Å². The molecule has 0 radical (unpaired) electrons. The van der Waals surface area contributed by atoms with Crippen LogP contribution in [0.15, 0.2) is 40.8 Å². The fourth-order valence-corrected chi connectivity index (χ4v) is 1.55. The van der Waals surface area contributed by atoms with Gasteiger partial charge in [-0.3, -0.25) is 4.79 Å². The van der Waals surface area contributed by atoms with Crippen LogP contribution in [-0.4, -0.2) is 29.7 Å². The Morgan fingerprint density at radius 1 is 1.50 bits per heavy atom. The number of nitrogens with zero attached hydrogens (tertiary/aromatic N) is 1. The third-order valence-corrected chi connectivity index (χ3v) is 2.36. The van der Waals surface area contributed by atoms with Crippen molar-refractivity contribution in [3.63, 3.8) is 0 Å². The second-order valence-corrected chi connectivity index (χ2v) is 3.36. The molecule has 0 aromatic heterocycles. The molecule has 0 fully saturated rings. The quantitative estimate of drug-likeness (QED) is 0.741. The Morgan fingerprint density at radius 2 is 2.25 bits per heavy atom. The molecule has 0 bridgehead atoms. The molecule has 1 unspecified atom stereocenters. The Balaban J connectivity index is 2.38. The van der Waals surface area contributed by atoms with E-state index >= 15 is 0 Å². The van der Waals surface area contributed by atoms with E-state index in [4.69, 9.17) is 9.84 Å². The van der Waals surface area contributed by atoms with Crippen molar-refractivity contribution in [3.05, 3.63) is 35.8 Å². The lowest BCUT2D eigenvalue weighted by atomic mass is 9.90. The minimum Gasteiger partial charge on any atom is -0.497 e. The zero-order valence-corrected chi connectivity index (χ0v) is 8.51. The van der Waals surface area contributed by atoms with Gasteiger partial charge in [0.05, 0.1) is 18.7 Å². The molecule has 0 saturated heterocycles. The number of carbonyl (C=O) groups is 2. The molecular formula is C11H9NO4. The van der Waals surface area contributed by atoms with Gasteiger partial charge in [0.25, 0.3) is 0 Å². The van der Waals surface area contributed by atoms with Gasteiger partial charge in [0.15, 0.2) is 11.5 Å². The van der Waals surface area contributed by atoms with Crippen LogP contribution >= 0.6 is 0 Å². The third kappa shape index (κ3) is 1.67. The molecule has 1 aliphatic carbocycles. The fourth-order valence-electron chi connectivity index (χ4n) is 1.55. The van der Waals surface area contributed by atoms with Crippen molar-refractivity contribution < 1.29 is 19.4 Å². The lowest BCUT2D eigenvalue weighted by molar-refractivity contribution is -0.133. The van der Waals surface area contributed by atoms with Crippen LogP contribution < -0.4 is 0 Å². The number of methoxy groups -OCH3 is 1. The summed E-state index contributed by atoms with van der Waals surface area (Å²) >= 11 is 0. The first-order valence-electron chi connectivity index (χ1n) is 4.63. The molecule has 1 aliphatic heterocycles. The Morgan fingerprint density at radius 3 is 2.88 bits per heavy atom. The first-order chi connectivity index (χ1) is 7.61. The molecule has 5 nitrogen and oxygen atoms in total. The van der Waals surface area contributed by atoms with Gasteiger partial charge in [0, 0.05) is 6.08 Å². The van der Waals surface area contributed by atoms with Crippen LogP contribution in [-0.2, 0) is 14.3 Å². The summed E-state index contributed by atoms with van der Waals surface area (Å²) in [6.45, 7) is 0. The number of carbonyl (C=O) groups excluding carboxylic acids is 1. The van der Waals surface area contributed by atoms with Crippen LogP contribution in [0.1, 0.15) is 0 Å². The minimum absolute atomic E-state index is 0.227. The van der Waals surface area contributed by atoms with E-state index in [0.717, 1.165) is 6.08 Å². The van der Waals surface area contributed by atoms with Gasteiger partial charge in [0.2, 0.25) is 0 Å². The Bertz CT molecular complexity index is 482. The largest absolute Gasteiger partial charge is 0.497 e. The molecule has 2 rings (SSSR count). The highest BCUT2D eigenvalue weighted by Crippen LogP contribution is 2.22. The zero-order valence-electron chi connectivity index (χ0n) is 8.51. The van der Waals surface area contributed by atoms with Crippen molar-refractivity contribution in [2.24, 2.45) is 10.9 Å². The molecule has 0 saturated carbocycles. The number of hydrogen-bond acceptors (Lipinski definition) is 4. The average molecular weight is 219 g/mol. The van der Waals surface area contributed by atoms with E-state index in [0.29, 0.717) is 11.5 Å². The number of carboxylic acids is 1. The molecule has 0 amide bonds. The maximum atomic E-state index is 11.7.